The van der Waals surface area contributed by atoms with Crippen LogP contribution in [0.4, 0.5) is 5.69 Å². The van der Waals surface area contributed by atoms with Crippen LogP contribution in [0.5, 0.6) is 11.5 Å². The molecule has 30 heavy (non-hydrogen) atoms. The molecule has 1 amide bonds. The molecule has 2 aromatic rings. The standard InChI is InChI=1S/C22H28N2O5S/c1-5-19(17-7-6-15(2)16(3)12-17)23-22(25)14-24(30(4,26)27)18-8-9-20-21(13-18)29-11-10-28-20/h6-9,12-13,19H,5,10-11,14H2,1-4H3,(H,23,25)/t19-/m0/s1. The Morgan fingerprint density at radius 3 is 2.40 bits per heavy atom. The van der Waals surface area contributed by atoms with Crippen molar-refractivity contribution in [2.45, 2.75) is 33.2 Å². The first kappa shape index (κ1) is 22.0. The Morgan fingerprint density at radius 1 is 1.07 bits per heavy atom. The molecular weight excluding hydrogens is 404 g/mol. The summed E-state index contributed by atoms with van der Waals surface area (Å²) in [6, 6.07) is 10.7. The second-order valence-corrected chi connectivity index (χ2v) is 9.38. The smallest absolute Gasteiger partial charge is 0.241 e. The molecule has 3 rings (SSSR count). The summed E-state index contributed by atoms with van der Waals surface area (Å²) < 4.78 is 36.9. The van der Waals surface area contributed by atoms with Gasteiger partial charge in [-0.2, -0.15) is 0 Å². The third kappa shape index (κ3) is 5.05. The first-order chi connectivity index (χ1) is 14.2. The summed E-state index contributed by atoms with van der Waals surface area (Å²) in [5, 5.41) is 2.96. The van der Waals surface area contributed by atoms with Crippen molar-refractivity contribution in [3.8, 4) is 11.5 Å². The summed E-state index contributed by atoms with van der Waals surface area (Å²) in [4.78, 5) is 12.8. The average molecular weight is 433 g/mol. The molecule has 0 saturated carbocycles. The predicted molar refractivity (Wildman–Crippen MR) is 117 cm³/mol. The minimum atomic E-state index is -3.68. The van der Waals surface area contributed by atoms with E-state index in [-0.39, 0.29) is 18.5 Å². The van der Waals surface area contributed by atoms with Crippen LogP contribution in [0.15, 0.2) is 36.4 Å². The molecular formula is C22H28N2O5S. The topological polar surface area (TPSA) is 84.9 Å². The minimum Gasteiger partial charge on any atom is -0.486 e. The number of nitrogens with zero attached hydrogens (tertiary/aromatic N) is 1. The third-order valence-electron chi connectivity index (χ3n) is 5.18. The van der Waals surface area contributed by atoms with Crippen LogP contribution in [-0.4, -0.2) is 40.3 Å². The Kier molecular flexibility index (Phi) is 6.55. The Bertz CT molecular complexity index is 1040. The molecule has 1 N–H and O–H groups in total. The molecule has 0 saturated heterocycles. The van der Waals surface area contributed by atoms with Crippen molar-refractivity contribution in [2.24, 2.45) is 0 Å². The molecule has 1 aliphatic heterocycles. The maximum Gasteiger partial charge on any atom is 0.241 e. The summed E-state index contributed by atoms with van der Waals surface area (Å²) in [7, 11) is -3.68. The van der Waals surface area contributed by atoms with Crippen LogP contribution in [0.3, 0.4) is 0 Å². The van der Waals surface area contributed by atoms with Gasteiger partial charge >= 0.3 is 0 Å². The van der Waals surface area contributed by atoms with Gasteiger partial charge < -0.3 is 14.8 Å². The highest BCUT2D eigenvalue weighted by atomic mass is 32.2. The molecule has 0 unspecified atom stereocenters. The van der Waals surface area contributed by atoms with Crippen molar-refractivity contribution in [2.75, 3.05) is 30.3 Å². The number of hydrogen-bond donors (Lipinski definition) is 1. The summed E-state index contributed by atoms with van der Waals surface area (Å²) in [6.07, 6.45) is 1.77. The van der Waals surface area contributed by atoms with Crippen molar-refractivity contribution in [1.29, 1.82) is 0 Å². The highest BCUT2D eigenvalue weighted by Crippen LogP contribution is 2.34. The number of fused-ring (bicyclic) bond motifs is 1. The fourth-order valence-electron chi connectivity index (χ4n) is 3.36. The molecule has 0 aromatic heterocycles. The fourth-order valence-corrected chi connectivity index (χ4v) is 4.21. The number of rotatable bonds is 7. The van der Waals surface area contributed by atoms with Gasteiger partial charge in [-0.1, -0.05) is 25.1 Å². The molecule has 8 heteroatoms. The molecule has 2 aromatic carbocycles. The van der Waals surface area contributed by atoms with Crippen molar-refractivity contribution in [3.05, 3.63) is 53.1 Å². The van der Waals surface area contributed by atoms with E-state index in [2.05, 4.69) is 11.4 Å². The van der Waals surface area contributed by atoms with Crippen LogP contribution in [-0.2, 0) is 14.8 Å². The van der Waals surface area contributed by atoms with Crippen LogP contribution in [0, 0.1) is 13.8 Å². The second-order valence-electron chi connectivity index (χ2n) is 7.47. The van der Waals surface area contributed by atoms with Gasteiger partial charge in [0.1, 0.15) is 19.8 Å². The zero-order valence-corrected chi connectivity index (χ0v) is 18.6. The first-order valence-electron chi connectivity index (χ1n) is 9.93. The van der Waals surface area contributed by atoms with Gasteiger partial charge in [-0.25, -0.2) is 8.42 Å². The van der Waals surface area contributed by atoms with E-state index in [1.165, 1.54) is 5.56 Å². The molecule has 1 aliphatic rings. The van der Waals surface area contributed by atoms with Gasteiger partial charge in [0, 0.05) is 6.07 Å². The number of ether oxygens (including phenoxy) is 2. The molecule has 7 nitrogen and oxygen atoms in total. The van der Waals surface area contributed by atoms with Gasteiger partial charge in [-0.05, 0) is 49.1 Å². The monoisotopic (exact) mass is 432 g/mol. The van der Waals surface area contributed by atoms with Crippen molar-refractivity contribution in [3.63, 3.8) is 0 Å². The Labute approximate surface area is 178 Å². The zero-order valence-electron chi connectivity index (χ0n) is 17.8. The van der Waals surface area contributed by atoms with E-state index in [9.17, 15) is 13.2 Å². The van der Waals surface area contributed by atoms with E-state index >= 15 is 0 Å². The quantitative estimate of drug-likeness (QED) is 0.727. The molecule has 162 valence electrons. The predicted octanol–water partition coefficient (Wildman–Crippen LogP) is 3.11. The van der Waals surface area contributed by atoms with E-state index < -0.39 is 10.0 Å². The molecule has 0 spiro atoms. The number of aryl methyl sites for hydroxylation is 2. The van der Waals surface area contributed by atoms with E-state index in [4.69, 9.17) is 9.47 Å². The lowest BCUT2D eigenvalue weighted by Crippen LogP contribution is -2.41. The number of hydrogen-bond acceptors (Lipinski definition) is 5. The van der Waals surface area contributed by atoms with Crippen LogP contribution < -0.4 is 19.1 Å². The maximum absolute atomic E-state index is 12.8. The lowest BCUT2D eigenvalue weighted by atomic mass is 9.99. The summed E-state index contributed by atoms with van der Waals surface area (Å²) in [6.45, 7) is 6.57. The number of amides is 1. The highest BCUT2D eigenvalue weighted by Gasteiger charge is 2.24. The number of benzene rings is 2. The molecule has 0 bridgehead atoms. The first-order valence-corrected chi connectivity index (χ1v) is 11.8. The summed E-state index contributed by atoms with van der Waals surface area (Å²) >= 11 is 0. The molecule has 0 radical (unpaired) electrons. The third-order valence-corrected chi connectivity index (χ3v) is 6.32. The van der Waals surface area contributed by atoms with Gasteiger partial charge in [0.15, 0.2) is 11.5 Å². The average Bonchev–Trinajstić information content (AvgIpc) is 2.71. The van der Waals surface area contributed by atoms with E-state index in [1.807, 2.05) is 32.9 Å². The number of sulfonamides is 1. The van der Waals surface area contributed by atoms with E-state index in [0.29, 0.717) is 36.8 Å². The fraction of sp³-hybridized carbons (Fsp3) is 0.409. The summed E-state index contributed by atoms with van der Waals surface area (Å²) in [5.74, 6) is 0.651. The lowest BCUT2D eigenvalue weighted by molar-refractivity contribution is -0.120. The minimum absolute atomic E-state index is 0.196. The maximum atomic E-state index is 12.8. The van der Waals surface area contributed by atoms with Crippen molar-refractivity contribution >= 4 is 21.6 Å². The van der Waals surface area contributed by atoms with E-state index in [1.54, 1.807) is 18.2 Å². The normalized spacial score (nSPS) is 14.1. The molecule has 1 heterocycles. The van der Waals surface area contributed by atoms with Crippen LogP contribution in [0.2, 0.25) is 0 Å². The van der Waals surface area contributed by atoms with Crippen molar-refractivity contribution in [1.82, 2.24) is 5.32 Å². The Morgan fingerprint density at radius 2 is 1.77 bits per heavy atom. The van der Waals surface area contributed by atoms with E-state index in [0.717, 1.165) is 21.7 Å². The van der Waals surface area contributed by atoms with Gasteiger partial charge in [0.05, 0.1) is 18.0 Å². The number of nitrogens with one attached hydrogen (secondary N) is 1. The van der Waals surface area contributed by atoms with Crippen LogP contribution in [0.1, 0.15) is 36.1 Å². The summed E-state index contributed by atoms with van der Waals surface area (Å²) in [5.41, 5.74) is 3.69. The Balaban J connectivity index is 1.79. The van der Waals surface area contributed by atoms with Gasteiger partial charge in [-0.15, -0.1) is 0 Å². The largest absolute Gasteiger partial charge is 0.486 e. The highest BCUT2D eigenvalue weighted by molar-refractivity contribution is 7.92. The molecule has 1 atom stereocenters. The van der Waals surface area contributed by atoms with Gasteiger partial charge in [0.25, 0.3) is 0 Å². The number of carbonyl (C=O) groups excluding carboxylic acids is 1. The number of anilines is 1. The SMILES string of the molecule is CC[C@H](NC(=O)CN(c1ccc2c(c1)OCCO2)S(C)(=O)=O)c1ccc(C)c(C)c1. The Hall–Kier alpha value is -2.74. The molecule has 0 aliphatic carbocycles. The van der Waals surface area contributed by atoms with Gasteiger partial charge in [-0.3, -0.25) is 9.10 Å². The second kappa shape index (κ2) is 8.95. The number of carbonyl (C=O) groups is 1. The molecule has 0 fully saturated rings. The van der Waals surface area contributed by atoms with Crippen LogP contribution >= 0.6 is 0 Å². The lowest BCUT2D eigenvalue weighted by Gasteiger charge is -2.26. The van der Waals surface area contributed by atoms with Crippen molar-refractivity contribution < 1.29 is 22.7 Å². The van der Waals surface area contributed by atoms with Gasteiger partial charge in [0.2, 0.25) is 15.9 Å². The zero-order chi connectivity index (χ0) is 21.9. The van der Waals surface area contributed by atoms with Crippen LogP contribution in [0.25, 0.3) is 0 Å².